The van der Waals surface area contributed by atoms with Crippen molar-refractivity contribution >= 4 is 9.84 Å². The third kappa shape index (κ3) is 4.55. The predicted octanol–water partition coefficient (Wildman–Crippen LogP) is 5.26. The van der Waals surface area contributed by atoms with Crippen molar-refractivity contribution in [1.29, 1.82) is 0 Å². The molecule has 0 atom stereocenters. The number of nitrogens with zero attached hydrogens (tertiary/aromatic N) is 2. The lowest BCUT2D eigenvalue weighted by molar-refractivity contribution is -0.141. The van der Waals surface area contributed by atoms with Gasteiger partial charge in [-0.25, -0.2) is 21.9 Å². The summed E-state index contributed by atoms with van der Waals surface area (Å²) in [7, 11) is -4.18. The number of benzene rings is 2. The third-order valence-corrected chi connectivity index (χ3v) is 5.25. The van der Waals surface area contributed by atoms with Gasteiger partial charge in [0.15, 0.2) is 15.5 Å². The van der Waals surface area contributed by atoms with E-state index in [0.29, 0.717) is 41.3 Å². The van der Waals surface area contributed by atoms with Crippen LogP contribution in [0.2, 0.25) is 0 Å². The van der Waals surface area contributed by atoms with E-state index in [0.717, 1.165) is 12.1 Å². The molecule has 0 spiro atoms. The predicted molar refractivity (Wildman–Crippen MR) is 92.0 cm³/mol. The molecule has 2 aromatic carbocycles. The molecule has 0 amide bonds. The van der Waals surface area contributed by atoms with Gasteiger partial charge in [0.1, 0.15) is 16.5 Å². The highest BCUT2D eigenvalue weighted by Crippen LogP contribution is 2.36. The van der Waals surface area contributed by atoms with Crippen LogP contribution in [0.15, 0.2) is 47.4 Å². The minimum absolute atomic E-state index is 0.300. The van der Waals surface area contributed by atoms with Crippen LogP contribution in [0.3, 0.4) is 0 Å². The van der Waals surface area contributed by atoms with E-state index in [4.69, 9.17) is 0 Å². The standard InChI is InChI=1S/C18H10F8N2O2S/c1-31(29,30)15-7-12(19)11(6-13(15)20)14-8-16(18(24,25)26)27-28(14)10-4-2-9(3-5-10)17(21,22)23/h2-8H,1H3. The summed E-state index contributed by atoms with van der Waals surface area (Å²) in [5, 5.41) is 3.26. The summed E-state index contributed by atoms with van der Waals surface area (Å²) < 4.78 is 130. The molecule has 4 nitrogen and oxygen atoms in total. The van der Waals surface area contributed by atoms with Crippen molar-refractivity contribution in [2.24, 2.45) is 0 Å². The molecule has 1 aromatic heterocycles. The van der Waals surface area contributed by atoms with Gasteiger partial charge < -0.3 is 0 Å². The smallest absolute Gasteiger partial charge is 0.232 e. The normalized spacial score (nSPS) is 12.9. The van der Waals surface area contributed by atoms with Crippen molar-refractivity contribution in [3.8, 4) is 16.9 Å². The summed E-state index contributed by atoms with van der Waals surface area (Å²) in [5.41, 5.74) is -4.33. The number of hydrogen-bond acceptors (Lipinski definition) is 3. The Hall–Kier alpha value is -2.96. The fraction of sp³-hybridized carbons (Fsp3) is 0.167. The lowest BCUT2D eigenvalue weighted by Gasteiger charge is -2.12. The number of halogens is 8. The van der Waals surface area contributed by atoms with Crippen LogP contribution in [-0.2, 0) is 22.2 Å². The molecule has 1 heterocycles. The quantitative estimate of drug-likeness (QED) is 0.491. The van der Waals surface area contributed by atoms with E-state index in [-0.39, 0.29) is 5.69 Å². The molecule has 0 fully saturated rings. The molecule has 13 heteroatoms. The van der Waals surface area contributed by atoms with Gasteiger partial charge in [-0.1, -0.05) is 0 Å². The molecule has 0 unspecified atom stereocenters. The van der Waals surface area contributed by atoms with Crippen LogP contribution in [-0.4, -0.2) is 24.5 Å². The Bertz CT molecular complexity index is 1240. The lowest BCUT2D eigenvalue weighted by Crippen LogP contribution is -2.08. The van der Waals surface area contributed by atoms with Crippen LogP contribution >= 0.6 is 0 Å². The van der Waals surface area contributed by atoms with E-state index >= 15 is 0 Å². The number of alkyl halides is 6. The highest BCUT2D eigenvalue weighted by Gasteiger charge is 2.36. The highest BCUT2D eigenvalue weighted by molar-refractivity contribution is 7.90. The van der Waals surface area contributed by atoms with E-state index < -0.39 is 61.2 Å². The Morgan fingerprint density at radius 3 is 1.90 bits per heavy atom. The molecular weight excluding hydrogens is 460 g/mol. The Kier molecular flexibility index (Phi) is 5.37. The summed E-state index contributed by atoms with van der Waals surface area (Å²) in [4.78, 5) is -1.01. The van der Waals surface area contributed by atoms with E-state index in [9.17, 15) is 43.5 Å². The largest absolute Gasteiger partial charge is 0.435 e. The fourth-order valence-electron chi connectivity index (χ4n) is 2.71. The first-order chi connectivity index (χ1) is 14.1. The van der Waals surface area contributed by atoms with E-state index in [1.54, 1.807) is 0 Å². The monoisotopic (exact) mass is 470 g/mol. The van der Waals surface area contributed by atoms with Gasteiger partial charge in [-0.15, -0.1) is 0 Å². The molecule has 0 N–H and O–H groups in total. The topological polar surface area (TPSA) is 52.0 Å². The first-order valence-corrected chi connectivity index (χ1v) is 10.0. The van der Waals surface area contributed by atoms with Gasteiger partial charge in [-0.05, 0) is 42.5 Å². The zero-order chi connectivity index (χ0) is 23.4. The average molecular weight is 470 g/mol. The summed E-state index contributed by atoms with van der Waals surface area (Å²) in [6, 6.07) is 3.82. The molecular formula is C18H10F8N2O2S. The van der Waals surface area contributed by atoms with E-state index in [2.05, 4.69) is 5.10 Å². The molecule has 3 aromatic rings. The molecule has 0 aliphatic rings. The van der Waals surface area contributed by atoms with Crippen molar-refractivity contribution in [2.75, 3.05) is 6.26 Å². The number of sulfone groups is 1. The third-order valence-electron chi connectivity index (χ3n) is 4.14. The number of rotatable bonds is 3. The molecule has 31 heavy (non-hydrogen) atoms. The average Bonchev–Trinajstić information content (AvgIpc) is 3.07. The van der Waals surface area contributed by atoms with Gasteiger partial charge in [0.05, 0.1) is 16.9 Å². The molecule has 166 valence electrons. The Labute approximate surface area is 169 Å². The van der Waals surface area contributed by atoms with Crippen LogP contribution in [0.25, 0.3) is 16.9 Å². The maximum atomic E-state index is 14.6. The van der Waals surface area contributed by atoms with Gasteiger partial charge >= 0.3 is 12.4 Å². The van der Waals surface area contributed by atoms with E-state index in [1.165, 1.54) is 0 Å². The Morgan fingerprint density at radius 1 is 0.839 bits per heavy atom. The van der Waals surface area contributed by atoms with Gasteiger partial charge in [-0.3, -0.25) is 0 Å². The highest BCUT2D eigenvalue weighted by atomic mass is 32.2. The second-order valence-corrected chi connectivity index (χ2v) is 8.39. The van der Waals surface area contributed by atoms with Crippen LogP contribution in [0.4, 0.5) is 35.1 Å². The summed E-state index contributed by atoms with van der Waals surface area (Å²) in [5.74, 6) is -2.80. The Balaban J connectivity index is 2.24. The maximum absolute atomic E-state index is 14.6. The molecule has 0 aliphatic heterocycles. The second kappa shape index (κ2) is 7.32. The molecule has 0 saturated carbocycles. The van der Waals surface area contributed by atoms with Crippen molar-refractivity contribution in [1.82, 2.24) is 9.78 Å². The van der Waals surface area contributed by atoms with Gasteiger partial charge in [0.25, 0.3) is 0 Å². The maximum Gasteiger partial charge on any atom is 0.435 e. The molecule has 0 bridgehead atoms. The van der Waals surface area contributed by atoms with Gasteiger partial charge in [0, 0.05) is 11.8 Å². The minimum Gasteiger partial charge on any atom is -0.232 e. The SMILES string of the molecule is CS(=O)(=O)c1cc(F)c(-c2cc(C(F)(F)F)nn2-c2ccc(C(F)(F)F)cc2)cc1F. The van der Waals surface area contributed by atoms with Crippen molar-refractivity contribution < 1.29 is 43.5 Å². The lowest BCUT2D eigenvalue weighted by atomic mass is 10.1. The molecule has 0 saturated heterocycles. The van der Waals surface area contributed by atoms with Crippen molar-refractivity contribution in [3.05, 3.63) is 65.4 Å². The van der Waals surface area contributed by atoms with Gasteiger partial charge in [0.2, 0.25) is 0 Å². The Morgan fingerprint density at radius 2 is 1.42 bits per heavy atom. The van der Waals surface area contributed by atoms with Gasteiger partial charge in [-0.2, -0.15) is 31.4 Å². The molecule has 3 rings (SSSR count). The zero-order valence-corrected chi connectivity index (χ0v) is 16.0. The van der Waals surface area contributed by atoms with Crippen molar-refractivity contribution in [3.63, 3.8) is 0 Å². The summed E-state index contributed by atoms with van der Waals surface area (Å²) >= 11 is 0. The van der Waals surface area contributed by atoms with Crippen LogP contribution in [0.1, 0.15) is 11.3 Å². The molecule has 0 aliphatic carbocycles. The van der Waals surface area contributed by atoms with Crippen molar-refractivity contribution in [2.45, 2.75) is 17.2 Å². The molecule has 0 radical (unpaired) electrons. The van der Waals surface area contributed by atoms with Crippen LogP contribution < -0.4 is 0 Å². The summed E-state index contributed by atoms with van der Waals surface area (Å²) in [6.07, 6.45) is -9.11. The number of hydrogen-bond donors (Lipinski definition) is 0. The minimum atomic E-state index is -5.01. The first-order valence-electron chi connectivity index (χ1n) is 8.13. The fourth-order valence-corrected chi connectivity index (χ4v) is 3.44. The number of aromatic nitrogens is 2. The zero-order valence-electron chi connectivity index (χ0n) is 15.2. The second-order valence-electron chi connectivity index (χ2n) is 6.40. The summed E-state index contributed by atoms with van der Waals surface area (Å²) in [6.45, 7) is 0. The van der Waals surface area contributed by atoms with E-state index in [1.807, 2.05) is 0 Å². The van der Waals surface area contributed by atoms with Crippen LogP contribution in [0.5, 0.6) is 0 Å². The first kappa shape index (κ1) is 22.7. The van der Waals surface area contributed by atoms with Crippen LogP contribution in [0, 0.1) is 11.6 Å².